The molecule has 0 bridgehead atoms. The number of thiophene rings is 1. The van der Waals surface area contributed by atoms with Crippen molar-refractivity contribution >= 4 is 23.4 Å². The third-order valence-electron chi connectivity index (χ3n) is 6.53. The minimum atomic E-state index is -0.239. The normalized spacial score (nSPS) is 15.4. The van der Waals surface area contributed by atoms with Crippen LogP contribution in [0.15, 0.2) is 72.1 Å². The summed E-state index contributed by atoms with van der Waals surface area (Å²) in [7, 11) is 0. The summed E-state index contributed by atoms with van der Waals surface area (Å²) in [6.45, 7) is 5.31. The van der Waals surface area contributed by atoms with Gasteiger partial charge < -0.3 is 10.1 Å². The Bertz CT molecular complexity index is 1080. The van der Waals surface area contributed by atoms with E-state index in [1.807, 2.05) is 53.8 Å². The minimum absolute atomic E-state index is 0.193. The lowest BCUT2D eigenvalue weighted by molar-refractivity contribution is -0.133. The van der Waals surface area contributed by atoms with E-state index in [0.29, 0.717) is 12.6 Å². The summed E-state index contributed by atoms with van der Waals surface area (Å²) < 4.78 is 5.78. The predicted octanol–water partition coefficient (Wildman–Crippen LogP) is 5.77. The van der Waals surface area contributed by atoms with Gasteiger partial charge in [-0.25, -0.2) is 0 Å². The number of rotatable bonds is 12. The van der Waals surface area contributed by atoms with Gasteiger partial charge in [-0.3, -0.25) is 9.69 Å². The van der Waals surface area contributed by atoms with Gasteiger partial charge in [0, 0.05) is 24.0 Å². The number of nitrogens with zero attached hydrogens (tertiary/aromatic N) is 1. The maximum atomic E-state index is 12.5. The highest BCUT2D eigenvalue weighted by molar-refractivity contribution is 7.09. The number of hydrogen-bond donors (Lipinski definition) is 1. The number of benzene rings is 2. The van der Waals surface area contributed by atoms with E-state index in [-0.39, 0.29) is 12.5 Å². The van der Waals surface area contributed by atoms with Gasteiger partial charge in [-0.2, -0.15) is 0 Å². The van der Waals surface area contributed by atoms with Crippen molar-refractivity contribution in [3.05, 3.63) is 93.7 Å². The third-order valence-corrected chi connectivity index (χ3v) is 7.47. The Morgan fingerprint density at radius 2 is 2.00 bits per heavy atom. The number of ether oxygens (including phenoxy) is 1. The quantitative estimate of drug-likeness (QED) is 0.200. The summed E-state index contributed by atoms with van der Waals surface area (Å²) in [5, 5.41) is 5.31. The van der Waals surface area contributed by atoms with Crippen molar-refractivity contribution in [2.75, 3.05) is 26.2 Å². The molecule has 0 spiro atoms. The van der Waals surface area contributed by atoms with Crippen molar-refractivity contribution in [2.45, 2.75) is 45.1 Å². The Kier molecular flexibility index (Phi) is 9.70. The number of carbonyl (C=O) groups is 1. The summed E-state index contributed by atoms with van der Waals surface area (Å²) in [6.07, 6.45) is 9.43. The van der Waals surface area contributed by atoms with Crippen LogP contribution in [0.4, 0.5) is 0 Å². The van der Waals surface area contributed by atoms with Gasteiger partial charge in [-0.05, 0) is 72.9 Å². The molecule has 184 valence electrons. The lowest BCUT2D eigenvalue weighted by atomic mass is 9.86. The maximum absolute atomic E-state index is 12.5. The van der Waals surface area contributed by atoms with Crippen LogP contribution in [0.2, 0.25) is 0 Å². The van der Waals surface area contributed by atoms with Crippen LogP contribution < -0.4 is 10.1 Å². The standard InChI is InChI=1S/C30H36N2O2S/c1-2-19-32(20-17-27-13-8-21-35-27)26-15-16-28-25(22-26)12-6-14-29(28)34-30(33)23-31-18-7-11-24-9-4-3-5-10-24/h3-14,21,26,31H,2,15-20,22-23H2,1H3/t26-/m0/s1. The molecule has 5 heteroatoms. The van der Waals surface area contributed by atoms with Gasteiger partial charge in [0.1, 0.15) is 5.75 Å². The molecule has 35 heavy (non-hydrogen) atoms. The first-order valence-electron chi connectivity index (χ1n) is 12.7. The molecule has 1 aliphatic carbocycles. The number of hydrogen-bond acceptors (Lipinski definition) is 5. The van der Waals surface area contributed by atoms with Gasteiger partial charge in [0.2, 0.25) is 0 Å². The Hall–Kier alpha value is -2.73. The van der Waals surface area contributed by atoms with E-state index < -0.39 is 0 Å². The van der Waals surface area contributed by atoms with Crippen LogP contribution in [0, 0.1) is 0 Å². The highest BCUT2D eigenvalue weighted by Gasteiger charge is 2.26. The zero-order valence-corrected chi connectivity index (χ0v) is 21.4. The average Bonchev–Trinajstić information content (AvgIpc) is 3.40. The number of esters is 1. The van der Waals surface area contributed by atoms with Crippen LogP contribution in [0.3, 0.4) is 0 Å². The Labute approximate surface area is 213 Å². The molecule has 1 N–H and O–H groups in total. The molecule has 3 aromatic rings. The van der Waals surface area contributed by atoms with Crippen LogP contribution >= 0.6 is 11.3 Å². The molecule has 0 unspecified atom stereocenters. The van der Waals surface area contributed by atoms with Crippen molar-refractivity contribution in [2.24, 2.45) is 0 Å². The lowest BCUT2D eigenvalue weighted by Crippen LogP contribution is -2.41. The fraction of sp³-hybridized carbons (Fsp3) is 0.367. The smallest absolute Gasteiger partial charge is 0.325 e. The molecule has 0 aliphatic heterocycles. The molecule has 1 heterocycles. The summed E-state index contributed by atoms with van der Waals surface area (Å²) in [5.74, 6) is 0.491. The first-order valence-corrected chi connectivity index (χ1v) is 13.6. The van der Waals surface area contributed by atoms with Crippen molar-refractivity contribution in [3.63, 3.8) is 0 Å². The molecule has 1 aliphatic rings. The van der Waals surface area contributed by atoms with Crippen molar-refractivity contribution in [1.82, 2.24) is 10.2 Å². The van der Waals surface area contributed by atoms with Gasteiger partial charge in [-0.15, -0.1) is 11.3 Å². The fourth-order valence-electron chi connectivity index (χ4n) is 4.81. The molecular formula is C30H36N2O2S. The molecule has 1 aromatic heterocycles. The van der Waals surface area contributed by atoms with Crippen LogP contribution in [-0.4, -0.2) is 43.1 Å². The summed E-state index contributed by atoms with van der Waals surface area (Å²) in [4.78, 5) is 16.6. The Balaban J connectivity index is 1.28. The zero-order valence-electron chi connectivity index (χ0n) is 20.6. The molecule has 0 radical (unpaired) electrons. The van der Waals surface area contributed by atoms with E-state index in [2.05, 4.69) is 52.9 Å². The fourth-order valence-corrected chi connectivity index (χ4v) is 5.51. The first-order chi connectivity index (χ1) is 17.2. The molecule has 0 saturated heterocycles. The van der Waals surface area contributed by atoms with E-state index in [4.69, 9.17) is 4.74 Å². The second-order valence-electron chi connectivity index (χ2n) is 9.07. The second kappa shape index (κ2) is 13.4. The molecular weight excluding hydrogens is 452 g/mol. The van der Waals surface area contributed by atoms with E-state index in [9.17, 15) is 4.79 Å². The lowest BCUT2D eigenvalue weighted by Gasteiger charge is -2.35. The zero-order chi connectivity index (χ0) is 24.3. The molecule has 1 atom stereocenters. The van der Waals surface area contributed by atoms with E-state index >= 15 is 0 Å². The van der Waals surface area contributed by atoms with Crippen molar-refractivity contribution < 1.29 is 9.53 Å². The van der Waals surface area contributed by atoms with E-state index in [0.717, 1.165) is 50.1 Å². The largest absolute Gasteiger partial charge is 0.425 e. The van der Waals surface area contributed by atoms with Crippen LogP contribution in [0.5, 0.6) is 5.75 Å². The second-order valence-corrected chi connectivity index (χ2v) is 10.1. The van der Waals surface area contributed by atoms with Crippen molar-refractivity contribution in [3.8, 4) is 5.75 Å². The van der Waals surface area contributed by atoms with Crippen LogP contribution in [0.25, 0.3) is 6.08 Å². The number of carbonyl (C=O) groups excluding carboxylic acids is 1. The van der Waals surface area contributed by atoms with Crippen LogP contribution in [-0.2, 0) is 24.1 Å². The maximum Gasteiger partial charge on any atom is 0.325 e. The monoisotopic (exact) mass is 488 g/mol. The topological polar surface area (TPSA) is 41.6 Å². The highest BCUT2D eigenvalue weighted by atomic mass is 32.1. The molecule has 0 amide bonds. The van der Waals surface area contributed by atoms with E-state index in [1.54, 1.807) is 0 Å². The molecule has 4 nitrogen and oxygen atoms in total. The SMILES string of the molecule is CCCN(CCc1cccs1)[C@H]1CCc2c(cccc2OC(=O)CNCC=Cc2ccccc2)C1. The van der Waals surface area contributed by atoms with E-state index in [1.165, 1.54) is 22.4 Å². The number of nitrogens with one attached hydrogen (secondary N) is 1. The molecule has 0 saturated carbocycles. The predicted molar refractivity (Wildman–Crippen MR) is 146 cm³/mol. The minimum Gasteiger partial charge on any atom is -0.425 e. The molecule has 2 aromatic carbocycles. The number of fused-ring (bicyclic) bond motifs is 1. The Morgan fingerprint density at radius 3 is 2.80 bits per heavy atom. The molecule has 4 rings (SSSR count). The summed E-state index contributed by atoms with van der Waals surface area (Å²) in [5.41, 5.74) is 3.67. The van der Waals surface area contributed by atoms with Gasteiger partial charge in [0.05, 0.1) is 6.54 Å². The van der Waals surface area contributed by atoms with Gasteiger partial charge >= 0.3 is 5.97 Å². The summed E-state index contributed by atoms with van der Waals surface area (Å²) in [6, 6.07) is 21.2. The van der Waals surface area contributed by atoms with Crippen molar-refractivity contribution in [1.29, 1.82) is 0 Å². The first kappa shape index (κ1) is 25.4. The molecule has 0 fully saturated rings. The summed E-state index contributed by atoms with van der Waals surface area (Å²) >= 11 is 1.85. The van der Waals surface area contributed by atoms with Crippen LogP contribution in [0.1, 0.15) is 41.3 Å². The third kappa shape index (κ3) is 7.63. The average molecular weight is 489 g/mol. The van der Waals surface area contributed by atoms with Gasteiger partial charge in [-0.1, -0.05) is 67.6 Å². The highest BCUT2D eigenvalue weighted by Crippen LogP contribution is 2.32. The van der Waals surface area contributed by atoms with Gasteiger partial charge in [0.25, 0.3) is 0 Å². The Morgan fingerprint density at radius 1 is 1.11 bits per heavy atom. The van der Waals surface area contributed by atoms with Gasteiger partial charge in [0.15, 0.2) is 0 Å².